The van der Waals surface area contributed by atoms with Crippen molar-refractivity contribution >= 4 is 0 Å². The lowest BCUT2D eigenvalue weighted by molar-refractivity contribution is -0.144. The Morgan fingerprint density at radius 3 is 2.68 bits per heavy atom. The first-order valence-corrected chi connectivity index (χ1v) is 6.91. The summed E-state index contributed by atoms with van der Waals surface area (Å²) in [5.74, 6) is -1.03. The predicted octanol–water partition coefficient (Wildman–Crippen LogP) is 2.32. The van der Waals surface area contributed by atoms with Crippen LogP contribution in [0.1, 0.15) is 11.4 Å². The Hall–Kier alpha value is -1.93. The van der Waals surface area contributed by atoms with E-state index in [0.29, 0.717) is 18.8 Å². The highest BCUT2D eigenvalue weighted by molar-refractivity contribution is 5.55. The molecule has 0 unspecified atom stereocenters. The average Bonchev–Trinajstić information content (AvgIpc) is 2.99. The van der Waals surface area contributed by atoms with Gasteiger partial charge in [-0.2, -0.15) is 18.3 Å². The fourth-order valence-electron chi connectivity index (χ4n) is 2.34. The third kappa shape index (κ3) is 3.45. The number of nitrogens with one attached hydrogen (secondary N) is 1. The second kappa shape index (κ2) is 6.05. The molecule has 2 heterocycles. The monoisotopic (exact) mass is 312 g/mol. The quantitative estimate of drug-likeness (QED) is 0.945. The van der Waals surface area contributed by atoms with Crippen molar-refractivity contribution in [2.75, 3.05) is 26.3 Å². The normalized spacial score (nSPS) is 16.9. The molecule has 2 aromatic rings. The van der Waals surface area contributed by atoms with Crippen molar-refractivity contribution in [1.82, 2.24) is 20.1 Å². The van der Waals surface area contributed by atoms with E-state index in [-0.39, 0.29) is 5.82 Å². The van der Waals surface area contributed by atoms with Gasteiger partial charge in [0.2, 0.25) is 5.82 Å². The highest BCUT2D eigenvalue weighted by atomic mass is 19.4. The Bertz CT molecular complexity index is 635. The lowest BCUT2D eigenvalue weighted by Gasteiger charge is -2.26. The van der Waals surface area contributed by atoms with E-state index in [0.717, 1.165) is 25.2 Å². The van der Waals surface area contributed by atoms with Crippen molar-refractivity contribution in [2.45, 2.75) is 12.7 Å². The van der Waals surface area contributed by atoms with Gasteiger partial charge in [-0.1, -0.05) is 18.2 Å². The molecule has 0 bridgehead atoms. The molecule has 0 spiro atoms. The van der Waals surface area contributed by atoms with Crippen LogP contribution in [0.25, 0.3) is 11.4 Å². The highest BCUT2D eigenvalue weighted by Gasteiger charge is 2.35. The molecule has 3 rings (SSSR count). The van der Waals surface area contributed by atoms with Crippen LogP contribution in [0.5, 0.6) is 0 Å². The second-order valence-electron chi connectivity index (χ2n) is 5.09. The van der Waals surface area contributed by atoms with Crippen LogP contribution in [-0.2, 0) is 17.5 Å². The molecule has 1 aromatic carbocycles. The van der Waals surface area contributed by atoms with Crippen molar-refractivity contribution in [1.29, 1.82) is 0 Å². The van der Waals surface area contributed by atoms with Crippen LogP contribution in [0.15, 0.2) is 24.3 Å². The molecule has 1 saturated heterocycles. The van der Waals surface area contributed by atoms with Gasteiger partial charge in [0, 0.05) is 25.2 Å². The first-order valence-electron chi connectivity index (χ1n) is 6.91. The van der Waals surface area contributed by atoms with E-state index < -0.39 is 12.0 Å². The fourth-order valence-corrected chi connectivity index (χ4v) is 2.34. The number of ether oxygens (including phenoxy) is 1. The van der Waals surface area contributed by atoms with Gasteiger partial charge >= 0.3 is 6.18 Å². The Kier molecular flexibility index (Phi) is 4.12. The van der Waals surface area contributed by atoms with Crippen molar-refractivity contribution < 1.29 is 17.9 Å². The summed E-state index contributed by atoms with van der Waals surface area (Å²) in [5, 5.41) is 5.58. The number of aromatic amines is 1. The number of hydrogen-bond acceptors (Lipinski definition) is 4. The molecule has 1 fully saturated rings. The summed E-state index contributed by atoms with van der Waals surface area (Å²) >= 11 is 0. The Morgan fingerprint density at radius 1 is 1.23 bits per heavy atom. The number of benzene rings is 1. The maximum absolute atomic E-state index is 12.6. The first-order chi connectivity index (χ1) is 10.5. The minimum Gasteiger partial charge on any atom is -0.379 e. The van der Waals surface area contributed by atoms with Crippen molar-refractivity contribution in [3.63, 3.8) is 0 Å². The topological polar surface area (TPSA) is 54.0 Å². The number of morpholine rings is 1. The number of hydrogen-bond donors (Lipinski definition) is 1. The van der Waals surface area contributed by atoms with Gasteiger partial charge < -0.3 is 4.74 Å². The summed E-state index contributed by atoms with van der Waals surface area (Å²) in [5.41, 5.74) is 1.58. The van der Waals surface area contributed by atoms with E-state index >= 15 is 0 Å². The molecule has 1 aromatic heterocycles. The van der Waals surface area contributed by atoms with Crippen LogP contribution in [-0.4, -0.2) is 46.4 Å². The van der Waals surface area contributed by atoms with E-state index in [1.54, 1.807) is 12.1 Å². The van der Waals surface area contributed by atoms with Gasteiger partial charge in [-0.15, -0.1) is 0 Å². The van der Waals surface area contributed by atoms with E-state index in [1.165, 1.54) is 0 Å². The predicted molar refractivity (Wildman–Crippen MR) is 72.9 cm³/mol. The largest absolute Gasteiger partial charge is 0.451 e. The summed E-state index contributed by atoms with van der Waals surface area (Å²) in [7, 11) is 0. The molecule has 1 aliphatic heterocycles. The van der Waals surface area contributed by atoms with E-state index in [4.69, 9.17) is 4.74 Å². The van der Waals surface area contributed by atoms with Crippen LogP contribution in [0.4, 0.5) is 13.2 Å². The van der Waals surface area contributed by atoms with Gasteiger partial charge in [0.25, 0.3) is 0 Å². The van der Waals surface area contributed by atoms with Gasteiger partial charge in [-0.25, -0.2) is 4.98 Å². The van der Waals surface area contributed by atoms with Gasteiger partial charge in [-0.05, 0) is 11.6 Å². The molecule has 118 valence electrons. The number of rotatable bonds is 3. The van der Waals surface area contributed by atoms with Gasteiger partial charge in [0.15, 0.2) is 5.82 Å². The molecule has 1 aliphatic rings. The van der Waals surface area contributed by atoms with Crippen molar-refractivity contribution in [3.8, 4) is 11.4 Å². The van der Waals surface area contributed by atoms with Crippen LogP contribution >= 0.6 is 0 Å². The van der Waals surface area contributed by atoms with Crippen LogP contribution < -0.4 is 0 Å². The molecule has 0 amide bonds. The SMILES string of the molecule is FC(F)(F)c1nc(-c2cccc(CN3CCOCC3)c2)n[nH]1. The molecule has 0 aliphatic carbocycles. The Balaban J connectivity index is 1.77. The summed E-state index contributed by atoms with van der Waals surface area (Å²) in [4.78, 5) is 5.75. The molecule has 22 heavy (non-hydrogen) atoms. The van der Waals surface area contributed by atoms with Gasteiger partial charge in [0.1, 0.15) is 0 Å². The molecule has 8 heteroatoms. The van der Waals surface area contributed by atoms with Crippen molar-refractivity contribution in [3.05, 3.63) is 35.7 Å². The van der Waals surface area contributed by atoms with E-state index in [2.05, 4.69) is 15.0 Å². The summed E-state index contributed by atoms with van der Waals surface area (Å²) in [6.07, 6.45) is -4.52. The van der Waals surface area contributed by atoms with Crippen molar-refractivity contribution in [2.24, 2.45) is 0 Å². The zero-order valence-corrected chi connectivity index (χ0v) is 11.7. The van der Waals surface area contributed by atoms with Crippen LogP contribution in [0, 0.1) is 0 Å². The zero-order chi connectivity index (χ0) is 15.6. The minimum absolute atomic E-state index is 0.0520. The molecule has 0 radical (unpaired) electrons. The molecule has 5 nitrogen and oxygen atoms in total. The number of nitrogens with zero attached hydrogens (tertiary/aromatic N) is 3. The summed E-state index contributed by atoms with van der Waals surface area (Å²) in [6.45, 7) is 3.84. The molecular formula is C14H15F3N4O. The first kappa shape index (κ1) is 15.0. The lowest BCUT2D eigenvalue weighted by Crippen LogP contribution is -2.35. The standard InChI is InChI=1S/C14H15F3N4O/c15-14(16,17)13-18-12(19-20-13)11-3-1-2-10(8-11)9-21-4-6-22-7-5-21/h1-3,8H,4-7,9H2,(H,18,19,20). The highest BCUT2D eigenvalue weighted by Crippen LogP contribution is 2.27. The van der Waals surface area contributed by atoms with Gasteiger partial charge in [0.05, 0.1) is 13.2 Å². The fraction of sp³-hybridized carbons (Fsp3) is 0.429. The number of H-pyrrole nitrogens is 1. The Labute approximate surface area is 125 Å². The van der Waals surface area contributed by atoms with Gasteiger partial charge in [-0.3, -0.25) is 10.00 Å². The Morgan fingerprint density at radius 2 is 2.00 bits per heavy atom. The third-order valence-corrected chi connectivity index (χ3v) is 3.45. The smallest absolute Gasteiger partial charge is 0.379 e. The summed E-state index contributed by atoms with van der Waals surface area (Å²) in [6, 6.07) is 7.26. The zero-order valence-electron chi connectivity index (χ0n) is 11.7. The molecular weight excluding hydrogens is 297 g/mol. The number of alkyl halides is 3. The van der Waals surface area contributed by atoms with E-state index in [1.807, 2.05) is 17.2 Å². The minimum atomic E-state index is -4.52. The third-order valence-electron chi connectivity index (χ3n) is 3.45. The van der Waals surface area contributed by atoms with Crippen LogP contribution in [0.3, 0.4) is 0 Å². The number of halogens is 3. The lowest BCUT2D eigenvalue weighted by atomic mass is 10.1. The maximum Gasteiger partial charge on any atom is 0.451 e. The second-order valence-corrected chi connectivity index (χ2v) is 5.09. The van der Waals surface area contributed by atoms with E-state index in [9.17, 15) is 13.2 Å². The molecule has 1 N–H and O–H groups in total. The summed E-state index contributed by atoms with van der Waals surface area (Å²) < 4.78 is 43.0. The maximum atomic E-state index is 12.6. The number of aromatic nitrogens is 3. The van der Waals surface area contributed by atoms with Crippen LogP contribution in [0.2, 0.25) is 0 Å². The molecule has 0 atom stereocenters. The average molecular weight is 312 g/mol. The molecule has 0 saturated carbocycles.